The van der Waals surface area contributed by atoms with Gasteiger partial charge in [0.1, 0.15) is 0 Å². The Hall–Kier alpha value is 0.517. The van der Waals surface area contributed by atoms with Crippen LogP contribution in [0.3, 0.4) is 0 Å². The Morgan fingerprint density at radius 2 is 1.82 bits per heavy atom. The Labute approximate surface area is 80.5 Å². The van der Waals surface area contributed by atoms with Gasteiger partial charge in [-0.05, 0) is 6.04 Å². The molecule has 0 spiro atoms. The molecule has 0 unspecified atom stereocenters. The van der Waals surface area contributed by atoms with E-state index >= 15 is 0 Å². The first-order valence-electron chi connectivity index (χ1n) is 4.10. The van der Waals surface area contributed by atoms with Crippen LogP contribution in [0.15, 0.2) is 0 Å². The van der Waals surface area contributed by atoms with E-state index in [1.165, 1.54) is 12.8 Å². The molecule has 1 saturated carbocycles. The van der Waals surface area contributed by atoms with E-state index in [9.17, 15) is 0 Å². The molecule has 0 radical (unpaired) electrons. The molecule has 11 heavy (non-hydrogen) atoms. The summed E-state index contributed by atoms with van der Waals surface area (Å²) in [6, 6.07) is 0.865. The second kappa shape index (κ2) is 4.52. The fraction of sp³-hybridized carbons (Fsp3) is 0.875. The number of hydrogen-bond donors (Lipinski definition) is 0. The minimum Gasteiger partial charge on any atom is -0.379 e. The molecule has 2 fully saturated rings. The maximum atomic E-state index is 5.27. The van der Waals surface area contributed by atoms with Gasteiger partial charge in [-0.3, -0.25) is 0 Å². The first kappa shape index (κ1) is 9.60. The molecule has 2 nitrogen and oxygen atoms in total. The van der Waals surface area contributed by atoms with Crippen molar-refractivity contribution in [2.24, 2.45) is 0 Å². The van der Waals surface area contributed by atoms with Gasteiger partial charge < -0.3 is 16.1 Å². The Balaban J connectivity index is 0.000000605. The fourth-order valence-corrected chi connectivity index (χ4v) is 1.56. The van der Waals surface area contributed by atoms with Gasteiger partial charge in [-0.15, -0.1) is 0 Å². The predicted octanol–water partition coefficient (Wildman–Crippen LogP) is -2.31. The van der Waals surface area contributed by atoms with E-state index < -0.39 is 0 Å². The van der Waals surface area contributed by atoms with Crippen LogP contribution < -0.4 is 18.9 Å². The van der Waals surface area contributed by atoms with Gasteiger partial charge in [-0.2, -0.15) is 12.8 Å². The summed E-state index contributed by atoms with van der Waals surface area (Å²) in [5, 5.41) is 0. The van der Waals surface area contributed by atoms with E-state index in [-0.39, 0.29) is 18.9 Å². The van der Waals surface area contributed by atoms with Crippen molar-refractivity contribution in [2.75, 3.05) is 26.3 Å². The summed E-state index contributed by atoms with van der Waals surface area (Å²) >= 11 is 0. The van der Waals surface area contributed by atoms with E-state index in [0.29, 0.717) is 0 Å². The van der Waals surface area contributed by atoms with E-state index in [4.69, 9.17) is 4.74 Å². The number of morpholine rings is 1. The van der Waals surface area contributed by atoms with Crippen molar-refractivity contribution in [1.82, 2.24) is 4.90 Å². The second-order valence-electron chi connectivity index (χ2n) is 3.06. The van der Waals surface area contributed by atoms with Crippen LogP contribution in [0.4, 0.5) is 0 Å². The zero-order valence-corrected chi connectivity index (χ0v) is 7.25. The Bertz CT molecular complexity index is 111. The zero-order chi connectivity index (χ0) is 6.81. The molecule has 0 aromatic carbocycles. The molecule has 1 aliphatic carbocycles. The first-order chi connectivity index (χ1) is 4.97. The molecule has 0 N–H and O–H groups in total. The van der Waals surface area contributed by atoms with Gasteiger partial charge in [0.05, 0.1) is 13.2 Å². The summed E-state index contributed by atoms with van der Waals surface area (Å²) in [4.78, 5) is 2.55. The summed E-state index contributed by atoms with van der Waals surface area (Å²) in [5.74, 6) is 0. The number of rotatable bonds is 1. The molecule has 3 heteroatoms. The van der Waals surface area contributed by atoms with Crippen LogP contribution in [0, 0.1) is 6.42 Å². The molecule has 2 aliphatic rings. The fourth-order valence-electron chi connectivity index (χ4n) is 1.56. The molecule has 1 aliphatic heterocycles. The Kier molecular flexibility index (Phi) is 3.95. The van der Waals surface area contributed by atoms with Crippen molar-refractivity contribution in [3.05, 3.63) is 6.42 Å². The normalized spacial score (nSPS) is 27.3. The minimum absolute atomic E-state index is 0. The molecule has 58 valence electrons. The molecule has 1 saturated heterocycles. The van der Waals surface area contributed by atoms with Gasteiger partial charge in [0, 0.05) is 13.1 Å². The molecular formula is C8H14LiNO. The van der Waals surface area contributed by atoms with Crippen LogP contribution in [-0.2, 0) is 4.74 Å². The molecule has 0 amide bonds. The smallest absolute Gasteiger partial charge is 0.379 e. The van der Waals surface area contributed by atoms with Crippen molar-refractivity contribution in [2.45, 2.75) is 18.9 Å². The third-order valence-corrected chi connectivity index (χ3v) is 2.44. The van der Waals surface area contributed by atoms with Crippen molar-refractivity contribution in [3.63, 3.8) is 0 Å². The van der Waals surface area contributed by atoms with Crippen LogP contribution in [0.25, 0.3) is 0 Å². The van der Waals surface area contributed by atoms with Crippen LogP contribution in [-0.4, -0.2) is 37.2 Å². The largest absolute Gasteiger partial charge is 1.00 e. The number of hydrogen-bond acceptors (Lipinski definition) is 2. The molecule has 0 bridgehead atoms. The van der Waals surface area contributed by atoms with Crippen LogP contribution in [0.1, 0.15) is 12.8 Å². The summed E-state index contributed by atoms with van der Waals surface area (Å²) in [7, 11) is 0. The van der Waals surface area contributed by atoms with E-state index in [1.54, 1.807) is 0 Å². The zero-order valence-electron chi connectivity index (χ0n) is 7.25. The van der Waals surface area contributed by atoms with E-state index in [2.05, 4.69) is 11.3 Å². The maximum absolute atomic E-state index is 5.27. The second-order valence-corrected chi connectivity index (χ2v) is 3.06. The van der Waals surface area contributed by atoms with E-state index in [0.717, 1.165) is 32.3 Å². The van der Waals surface area contributed by atoms with Crippen LogP contribution in [0.5, 0.6) is 0 Å². The molecule has 1 heterocycles. The van der Waals surface area contributed by atoms with Gasteiger partial charge in [0.2, 0.25) is 0 Å². The van der Waals surface area contributed by atoms with Crippen LogP contribution >= 0.6 is 0 Å². The molecular weight excluding hydrogens is 133 g/mol. The first-order valence-corrected chi connectivity index (χ1v) is 4.10. The summed E-state index contributed by atoms with van der Waals surface area (Å²) in [6.07, 6.45) is 4.97. The van der Waals surface area contributed by atoms with Gasteiger partial charge in [-0.25, -0.2) is 0 Å². The molecule has 0 aromatic heterocycles. The van der Waals surface area contributed by atoms with Gasteiger partial charge in [0.15, 0.2) is 0 Å². The van der Waals surface area contributed by atoms with Crippen LogP contribution in [0.2, 0.25) is 0 Å². The van der Waals surface area contributed by atoms with E-state index in [1.807, 2.05) is 0 Å². The molecule has 2 rings (SSSR count). The summed E-state index contributed by atoms with van der Waals surface area (Å²) in [5.41, 5.74) is 0. The maximum Gasteiger partial charge on any atom is 1.00 e. The third-order valence-electron chi connectivity index (χ3n) is 2.44. The minimum atomic E-state index is 0. The van der Waals surface area contributed by atoms with Gasteiger partial charge in [-0.1, -0.05) is 0 Å². The Morgan fingerprint density at radius 1 is 1.18 bits per heavy atom. The SMILES string of the molecule is [CH-]1CC(N2CCOCC2)C1.[Li+]. The van der Waals surface area contributed by atoms with Crippen molar-refractivity contribution in [1.29, 1.82) is 0 Å². The summed E-state index contributed by atoms with van der Waals surface area (Å²) < 4.78 is 5.27. The van der Waals surface area contributed by atoms with Gasteiger partial charge in [0.25, 0.3) is 0 Å². The topological polar surface area (TPSA) is 12.5 Å². The van der Waals surface area contributed by atoms with Crippen molar-refractivity contribution < 1.29 is 23.6 Å². The third kappa shape index (κ3) is 2.23. The quantitative estimate of drug-likeness (QED) is 0.305. The monoisotopic (exact) mass is 147 g/mol. The summed E-state index contributed by atoms with van der Waals surface area (Å²) in [6.45, 7) is 4.18. The Morgan fingerprint density at radius 3 is 2.27 bits per heavy atom. The number of ether oxygens (including phenoxy) is 1. The number of nitrogens with zero attached hydrogens (tertiary/aromatic N) is 1. The molecule has 0 atom stereocenters. The van der Waals surface area contributed by atoms with Crippen molar-refractivity contribution in [3.8, 4) is 0 Å². The average molecular weight is 147 g/mol. The predicted molar refractivity (Wildman–Crippen MR) is 39.7 cm³/mol. The van der Waals surface area contributed by atoms with Crippen molar-refractivity contribution >= 4 is 0 Å². The standard InChI is InChI=1S/C8H14NO.Li/c1-2-8(3-1)9-4-6-10-7-5-9;/h1,8H,2-7H2;/q-1;+1. The van der Waals surface area contributed by atoms with Gasteiger partial charge >= 0.3 is 18.9 Å². The molecule has 0 aromatic rings. The average Bonchev–Trinajstić information content (AvgIpc) is 1.86.